The topological polar surface area (TPSA) is 90.0 Å². The normalized spacial score (nSPS) is 17.7. The first-order chi connectivity index (χ1) is 9.99. The number of hydrogen-bond acceptors (Lipinski definition) is 3. The van der Waals surface area contributed by atoms with Crippen LogP contribution in [0.3, 0.4) is 0 Å². The van der Waals surface area contributed by atoms with E-state index in [0.717, 1.165) is 4.90 Å². The molecule has 0 aromatic heterocycles. The molecule has 7 nitrogen and oxygen atoms in total. The van der Waals surface area contributed by atoms with E-state index in [4.69, 9.17) is 5.11 Å². The summed E-state index contributed by atoms with van der Waals surface area (Å²) in [5.41, 5.74) is 0.469. The SMILES string of the molecule is CN1CCC(NC(=O)N(CC(=O)O)c2ccccc2)C1=O. The Labute approximate surface area is 122 Å². The fraction of sp³-hybridized carbons (Fsp3) is 0.357. The molecule has 7 heteroatoms. The van der Waals surface area contributed by atoms with Crippen LogP contribution in [-0.4, -0.2) is 54.1 Å². The third-order valence-electron chi connectivity index (χ3n) is 3.33. The van der Waals surface area contributed by atoms with Crippen LogP contribution >= 0.6 is 0 Å². The number of rotatable bonds is 4. The van der Waals surface area contributed by atoms with Gasteiger partial charge in [-0.25, -0.2) is 4.79 Å². The second kappa shape index (κ2) is 6.25. The van der Waals surface area contributed by atoms with E-state index in [-0.39, 0.29) is 5.91 Å². The number of amides is 3. The Balaban J connectivity index is 2.12. The summed E-state index contributed by atoms with van der Waals surface area (Å²) in [5.74, 6) is -1.28. The Morgan fingerprint density at radius 1 is 1.38 bits per heavy atom. The highest BCUT2D eigenvalue weighted by atomic mass is 16.4. The van der Waals surface area contributed by atoms with Gasteiger partial charge in [0.2, 0.25) is 5.91 Å². The van der Waals surface area contributed by atoms with Crippen LogP contribution in [0.25, 0.3) is 0 Å². The van der Waals surface area contributed by atoms with E-state index < -0.39 is 24.6 Å². The molecule has 2 rings (SSSR count). The number of anilines is 1. The molecule has 0 bridgehead atoms. The molecule has 1 saturated heterocycles. The number of benzene rings is 1. The van der Waals surface area contributed by atoms with Crippen molar-refractivity contribution in [1.29, 1.82) is 0 Å². The number of carboxylic acid groups (broad SMARTS) is 1. The maximum Gasteiger partial charge on any atom is 0.323 e. The van der Waals surface area contributed by atoms with Gasteiger partial charge in [0, 0.05) is 19.3 Å². The molecule has 21 heavy (non-hydrogen) atoms. The van der Waals surface area contributed by atoms with E-state index in [1.807, 2.05) is 0 Å². The van der Waals surface area contributed by atoms with Gasteiger partial charge in [-0.2, -0.15) is 0 Å². The molecule has 112 valence electrons. The Hall–Kier alpha value is -2.57. The van der Waals surface area contributed by atoms with E-state index in [0.29, 0.717) is 18.7 Å². The molecule has 1 heterocycles. The van der Waals surface area contributed by atoms with Crippen molar-refractivity contribution in [2.45, 2.75) is 12.5 Å². The molecule has 0 radical (unpaired) electrons. The molecule has 1 unspecified atom stereocenters. The average molecular weight is 291 g/mol. The number of nitrogens with zero attached hydrogens (tertiary/aromatic N) is 2. The summed E-state index contributed by atoms with van der Waals surface area (Å²) in [6, 6.07) is 7.31. The van der Waals surface area contributed by atoms with Crippen LogP contribution in [0.1, 0.15) is 6.42 Å². The predicted octanol–water partition coefficient (Wildman–Crippen LogP) is 0.518. The number of hydrogen-bond donors (Lipinski definition) is 2. The van der Waals surface area contributed by atoms with Gasteiger partial charge in [0.25, 0.3) is 0 Å². The zero-order valence-electron chi connectivity index (χ0n) is 11.7. The number of carbonyl (C=O) groups is 3. The van der Waals surface area contributed by atoms with Crippen molar-refractivity contribution in [2.24, 2.45) is 0 Å². The van der Waals surface area contributed by atoms with Gasteiger partial charge in [0.1, 0.15) is 12.6 Å². The molecule has 0 saturated carbocycles. The Morgan fingerprint density at radius 3 is 2.57 bits per heavy atom. The summed E-state index contributed by atoms with van der Waals surface area (Å²) in [6.45, 7) is 0.112. The third-order valence-corrected chi connectivity index (χ3v) is 3.33. The van der Waals surface area contributed by atoms with Crippen molar-refractivity contribution in [1.82, 2.24) is 10.2 Å². The highest BCUT2D eigenvalue weighted by molar-refractivity contribution is 5.99. The molecular weight excluding hydrogens is 274 g/mol. The number of carbonyl (C=O) groups excluding carboxylic acids is 2. The second-order valence-electron chi connectivity index (χ2n) is 4.87. The number of carboxylic acids is 1. The number of likely N-dealkylation sites (tertiary alicyclic amines) is 1. The van der Waals surface area contributed by atoms with E-state index in [9.17, 15) is 14.4 Å². The van der Waals surface area contributed by atoms with E-state index >= 15 is 0 Å². The summed E-state index contributed by atoms with van der Waals surface area (Å²) in [7, 11) is 1.67. The molecular formula is C14H17N3O4. The first-order valence-electron chi connectivity index (χ1n) is 6.59. The molecule has 1 aromatic rings. The molecule has 1 aliphatic heterocycles. The first-order valence-corrected chi connectivity index (χ1v) is 6.59. The van der Waals surface area contributed by atoms with Crippen LogP contribution in [0.15, 0.2) is 30.3 Å². The standard InChI is InChI=1S/C14H17N3O4/c1-16-8-7-11(13(16)20)15-14(21)17(9-12(18)19)10-5-3-2-4-6-10/h2-6,11H,7-9H2,1H3,(H,15,21)(H,18,19). The summed E-state index contributed by atoms with van der Waals surface area (Å²) in [5, 5.41) is 11.5. The highest BCUT2D eigenvalue weighted by Gasteiger charge is 2.32. The quantitative estimate of drug-likeness (QED) is 0.846. The minimum absolute atomic E-state index is 0.160. The van der Waals surface area contributed by atoms with Gasteiger partial charge in [-0.3, -0.25) is 14.5 Å². The molecule has 0 aliphatic carbocycles. The van der Waals surface area contributed by atoms with Crippen molar-refractivity contribution in [3.05, 3.63) is 30.3 Å². The fourth-order valence-electron chi connectivity index (χ4n) is 2.21. The zero-order chi connectivity index (χ0) is 15.4. The van der Waals surface area contributed by atoms with E-state index in [1.165, 1.54) is 4.90 Å². The summed E-state index contributed by atoms with van der Waals surface area (Å²) in [6.07, 6.45) is 0.525. The Bertz CT molecular complexity index is 546. The largest absolute Gasteiger partial charge is 0.480 e. The molecule has 1 aromatic carbocycles. The summed E-state index contributed by atoms with van der Waals surface area (Å²) >= 11 is 0. The van der Waals surface area contributed by atoms with Crippen LogP contribution in [-0.2, 0) is 9.59 Å². The van der Waals surface area contributed by atoms with Gasteiger partial charge >= 0.3 is 12.0 Å². The lowest BCUT2D eigenvalue weighted by Gasteiger charge is -2.23. The molecule has 1 atom stereocenters. The van der Waals surface area contributed by atoms with Crippen molar-refractivity contribution < 1.29 is 19.5 Å². The molecule has 0 spiro atoms. The van der Waals surface area contributed by atoms with Gasteiger partial charge in [-0.05, 0) is 18.6 Å². The second-order valence-corrected chi connectivity index (χ2v) is 4.87. The van der Waals surface area contributed by atoms with Crippen molar-refractivity contribution >= 4 is 23.6 Å². The smallest absolute Gasteiger partial charge is 0.323 e. The van der Waals surface area contributed by atoms with Crippen molar-refractivity contribution in [2.75, 3.05) is 25.0 Å². The summed E-state index contributed by atoms with van der Waals surface area (Å²) in [4.78, 5) is 37.7. The molecule has 1 fully saturated rings. The van der Waals surface area contributed by atoms with Gasteiger partial charge in [0.05, 0.1) is 0 Å². The van der Waals surface area contributed by atoms with E-state index in [1.54, 1.807) is 37.4 Å². The minimum atomic E-state index is -1.12. The van der Waals surface area contributed by atoms with Gasteiger partial charge in [-0.15, -0.1) is 0 Å². The van der Waals surface area contributed by atoms with Crippen LogP contribution in [0.5, 0.6) is 0 Å². The average Bonchev–Trinajstić information content (AvgIpc) is 2.77. The fourth-order valence-corrected chi connectivity index (χ4v) is 2.21. The third kappa shape index (κ3) is 3.50. The highest BCUT2D eigenvalue weighted by Crippen LogP contribution is 2.15. The summed E-state index contributed by atoms with van der Waals surface area (Å²) < 4.78 is 0. The maximum absolute atomic E-state index is 12.3. The molecule has 1 aliphatic rings. The monoisotopic (exact) mass is 291 g/mol. The number of aliphatic carboxylic acids is 1. The van der Waals surface area contributed by atoms with Crippen LogP contribution in [0.2, 0.25) is 0 Å². The van der Waals surface area contributed by atoms with Gasteiger partial charge in [-0.1, -0.05) is 18.2 Å². The molecule has 3 amide bonds. The van der Waals surface area contributed by atoms with Crippen molar-refractivity contribution in [3.63, 3.8) is 0 Å². The lowest BCUT2D eigenvalue weighted by molar-refractivity contribution is -0.135. The number of urea groups is 1. The van der Waals surface area contributed by atoms with Gasteiger partial charge < -0.3 is 15.3 Å². The minimum Gasteiger partial charge on any atom is -0.480 e. The Morgan fingerprint density at radius 2 is 2.05 bits per heavy atom. The van der Waals surface area contributed by atoms with Crippen molar-refractivity contribution in [3.8, 4) is 0 Å². The lowest BCUT2D eigenvalue weighted by atomic mass is 10.2. The van der Waals surface area contributed by atoms with E-state index in [2.05, 4.69) is 5.32 Å². The first kappa shape index (κ1) is 14.8. The number of likely N-dealkylation sites (N-methyl/N-ethyl adjacent to an activating group) is 1. The van der Waals surface area contributed by atoms with Gasteiger partial charge in [0.15, 0.2) is 0 Å². The molecule has 2 N–H and O–H groups in total. The Kier molecular flexibility index (Phi) is 4.42. The van der Waals surface area contributed by atoms with Crippen LogP contribution in [0, 0.1) is 0 Å². The van der Waals surface area contributed by atoms with Crippen LogP contribution in [0.4, 0.5) is 10.5 Å². The predicted molar refractivity (Wildman–Crippen MR) is 76.0 cm³/mol. The lowest BCUT2D eigenvalue weighted by Crippen LogP contribution is -2.49. The number of nitrogens with one attached hydrogen (secondary N) is 1. The number of para-hydroxylation sites is 1. The zero-order valence-corrected chi connectivity index (χ0v) is 11.7. The van der Waals surface area contributed by atoms with Crippen LogP contribution < -0.4 is 10.2 Å². The maximum atomic E-state index is 12.3.